The lowest BCUT2D eigenvalue weighted by Crippen LogP contribution is -2.15. The number of hydrogen-bond donors (Lipinski definition) is 2. The summed E-state index contributed by atoms with van der Waals surface area (Å²) in [6.45, 7) is 0.998. The molecule has 0 fully saturated rings. The molecule has 2 N–H and O–H groups in total. The van der Waals surface area contributed by atoms with Crippen LogP contribution in [-0.4, -0.2) is 17.6 Å². The van der Waals surface area contributed by atoms with Crippen LogP contribution in [0.5, 0.6) is 0 Å². The van der Waals surface area contributed by atoms with Crippen molar-refractivity contribution in [1.29, 1.82) is 0 Å². The summed E-state index contributed by atoms with van der Waals surface area (Å²) in [5, 5.41) is 9.65. The van der Waals surface area contributed by atoms with Gasteiger partial charge in [0.05, 0.1) is 0 Å². The van der Waals surface area contributed by atoms with Crippen LogP contribution in [-0.2, 0) is 6.42 Å². The summed E-state index contributed by atoms with van der Waals surface area (Å²) in [7, 11) is 0. The molecule has 18 heavy (non-hydrogen) atoms. The number of benzene rings is 1. The highest BCUT2D eigenvalue weighted by molar-refractivity contribution is 6.04. The fourth-order valence-corrected chi connectivity index (χ4v) is 2.08. The highest BCUT2D eigenvalue weighted by Gasteiger charge is 2.13. The second-order valence-electron chi connectivity index (χ2n) is 4.24. The van der Waals surface area contributed by atoms with Crippen LogP contribution in [0, 0.1) is 0 Å². The third-order valence-corrected chi connectivity index (χ3v) is 2.99. The molecule has 0 bridgehead atoms. The van der Waals surface area contributed by atoms with Crippen molar-refractivity contribution >= 4 is 17.4 Å². The SMILES string of the molecule is O=C(Nc1ccon1)c1ccc2c(c1)CCCN2. The number of aryl methyl sites for hydroxylation is 1. The fourth-order valence-electron chi connectivity index (χ4n) is 2.08. The minimum Gasteiger partial charge on any atom is -0.385 e. The van der Waals surface area contributed by atoms with Crippen molar-refractivity contribution in [2.45, 2.75) is 12.8 Å². The van der Waals surface area contributed by atoms with Gasteiger partial charge in [-0.1, -0.05) is 5.16 Å². The number of anilines is 2. The average molecular weight is 243 g/mol. The maximum absolute atomic E-state index is 12.0. The van der Waals surface area contributed by atoms with Gasteiger partial charge in [-0.05, 0) is 36.6 Å². The van der Waals surface area contributed by atoms with Gasteiger partial charge < -0.3 is 15.2 Å². The second-order valence-corrected chi connectivity index (χ2v) is 4.24. The van der Waals surface area contributed by atoms with Crippen LogP contribution in [0.1, 0.15) is 22.3 Å². The molecule has 0 radical (unpaired) electrons. The van der Waals surface area contributed by atoms with E-state index in [0.717, 1.165) is 25.1 Å². The Kier molecular flexibility index (Phi) is 2.72. The molecule has 2 aromatic rings. The standard InChI is InChI=1S/C13H13N3O2/c17-13(15-12-5-7-18-16-12)10-3-4-11-9(8-10)2-1-6-14-11/h3-5,7-8,14H,1-2,6H2,(H,15,16,17). The van der Waals surface area contributed by atoms with Gasteiger partial charge in [-0.3, -0.25) is 4.79 Å². The van der Waals surface area contributed by atoms with Crippen molar-refractivity contribution < 1.29 is 9.32 Å². The van der Waals surface area contributed by atoms with Crippen molar-refractivity contribution in [2.75, 3.05) is 17.2 Å². The van der Waals surface area contributed by atoms with Crippen molar-refractivity contribution in [3.8, 4) is 0 Å². The molecule has 5 heteroatoms. The lowest BCUT2D eigenvalue weighted by molar-refractivity contribution is 0.102. The van der Waals surface area contributed by atoms with E-state index < -0.39 is 0 Å². The van der Waals surface area contributed by atoms with Crippen LogP contribution >= 0.6 is 0 Å². The van der Waals surface area contributed by atoms with E-state index in [1.165, 1.54) is 11.8 Å². The zero-order chi connectivity index (χ0) is 12.4. The van der Waals surface area contributed by atoms with E-state index in [9.17, 15) is 4.79 Å². The molecule has 1 aromatic heterocycles. The van der Waals surface area contributed by atoms with Gasteiger partial charge in [0.25, 0.3) is 5.91 Å². The summed E-state index contributed by atoms with van der Waals surface area (Å²) < 4.78 is 4.67. The zero-order valence-corrected chi connectivity index (χ0v) is 9.77. The quantitative estimate of drug-likeness (QED) is 0.849. The van der Waals surface area contributed by atoms with E-state index in [2.05, 4.69) is 20.3 Å². The first-order valence-corrected chi connectivity index (χ1v) is 5.91. The van der Waals surface area contributed by atoms with Gasteiger partial charge in [0.2, 0.25) is 0 Å². The molecule has 0 spiro atoms. The lowest BCUT2D eigenvalue weighted by atomic mass is 10.0. The number of rotatable bonds is 2. The molecule has 92 valence electrons. The summed E-state index contributed by atoms with van der Waals surface area (Å²) in [5.74, 6) is 0.258. The van der Waals surface area contributed by atoms with Crippen LogP contribution in [0.2, 0.25) is 0 Å². The predicted molar refractivity (Wildman–Crippen MR) is 67.7 cm³/mol. The molecule has 1 aliphatic rings. The molecular formula is C13H13N3O2. The summed E-state index contributed by atoms with van der Waals surface area (Å²) in [6, 6.07) is 7.30. The Hall–Kier alpha value is -2.30. The number of nitrogens with one attached hydrogen (secondary N) is 2. The van der Waals surface area contributed by atoms with Crippen molar-refractivity contribution in [1.82, 2.24) is 5.16 Å². The predicted octanol–water partition coefficient (Wildman–Crippen LogP) is 2.28. The largest absolute Gasteiger partial charge is 0.385 e. The molecule has 0 saturated heterocycles. The van der Waals surface area contributed by atoms with Crippen LogP contribution < -0.4 is 10.6 Å². The number of fused-ring (bicyclic) bond motifs is 1. The Morgan fingerprint density at radius 3 is 3.17 bits per heavy atom. The van der Waals surface area contributed by atoms with Crippen LogP contribution in [0.15, 0.2) is 35.1 Å². The fraction of sp³-hybridized carbons (Fsp3) is 0.231. The Morgan fingerprint density at radius 2 is 2.33 bits per heavy atom. The Labute approximate surface area is 104 Å². The van der Waals surface area contributed by atoms with Gasteiger partial charge in [0.1, 0.15) is 6.26 Å². The van der Waals surface area contributed by atoms with Gasteiger partial charge in [-0.2, -0.15) is 0 Å². The monoisotopic (exact) mass is 243 g/mol. The van der Waals surface area contributed by atoms with Crippen molar-refractivity contribution in [3.63, 3.8) is 0 Å². The summed E-state index contributed by atoms with van der Waals surface area (Å²) >= 11 is 0. The maximum Gasteiger partial charge on any atom is 0.256 e. The molecule has 1 aromatic carbocycles. The third kappa shape index (κ3) is 2.07. The number of amides is 1. The molecule has 0 aliphatic carbocycles. The van der Waals surface area contributed by atoms with Gasteiger partial charge in [0, 0.05) is 23.9 Å². The molecular weight excluding hydrogens is 230 g/mol. The molecule has 0 atom stereocenters. The summed E-state index contributed by atoms with van der Waals surface area (Å²) in [4.78, 5) is 12.0. The summed E-state index contributed by atoms with van der Waals surface area (Å²) in [6.07, 6.45) is 3.53. The number of aromatic nitrogens is 1. The van der Waals surface area contributed by atoms with Gasteiger partial charge >= 0.3 is 0 Å². The number of hydrogen-bond acceptors (Lipinski definition) is 4. The molecule has 3 rings (SSSR count). The van der Waals surface area contributed by atoms with Gasteiger partial charge in [-0.15, -0.1) is 0 Å². The first-order valence-electron chi connectivity index (χ1n) is 5.91. The highest BCUT2D eigenvalue weighted by atomic mass is 16.5. The number of nitrogens with zero attached hydrogens (tertiary/aromatic N) is 1. The van der Waals surface area contributed by atoms with E-state index in [-0.39, 0.29) is 5.91 Å². The first-order chi connectivity index (χ1) is 8.83. The average Bonchev–Trinajstić information content (AvgIpc) is 2.91. The minimum atomic E-state index is -0.169. The Morgan fingerprint density at radius 1 is 1.39 bits per heavy atom. The number of carbonyl (C=O) groups is 1. The summed E-state index contributed by atoms with van der Waals surface area (Å²) in [5.41, 5.74) is 2.95. The smallest absolute Gasteiger partial charge is 0.256 e. The zero-order valence-electron chi connectivity index (χ0n) is 9.77. The first kappa shape index (κ1) is 10.8. The third-order valence-electron chi connectivity index (χ3n) is 2.99. The lowest BCUT2D eigenvalue weighted by Gasteiger charge is -2.18. The van der Waals surface area contributed by atoms with Crippen LogP contribution in [0.4, 0.5) is 11.5 Å². The van der Waals surface area contributed by atoms with Crippen LogP contribution in [0.3, 0.4) is 0 Å². The Balaban J connectivity index is 1.81. The Bertz CT molecular complexity index is 564. The molecule has 1 amide bonds. The van der Waals surface area contributed by atoms with Crippen molar-refractivity contribution in [3.05, 3.63) is 41.7 Å². The van der Waals surface area contributed by atoms with E-state index in [1.54, 1.807) is 6.07 Å². The van der Waals surface area contributed by atoms with Gasteiger partial charge in [0.15, 0.2) is 5.82 Å². The second kappa shape index (κ2) is 4.52. The molecule has 0 unspecified atom stereocenters. The van der Waals surface area contributed by atoms with E-state index in [1.807, 2.05) is 18.2 Å². The molecule has 1 aliphatic heterocycles. The van der Waals surface area contributed by atoms with Crippen LogP contribution in [0.25, 0.3) is 0 Å². The highest BCUT2D eigenvalue weighted by Crippen LogP contribution is 2.23. The van der Waals surface area contributed by atoms with Crippen molar-refractivity contribution in [2.24, 2.45) is 0 Å². The maximum atomic E-state index is 12.0. The van der Waals surface area contributed by atoms with E-state index in [0.29, 0.717) is 11.4 Å². The molecule has 5 nitrogen and oxygen atoms in total. The topological polar surface area (TPSA) is 67.2 Å². The van der Waals surface area contributed by atoms with E-state index in [4.69, 9.17) is 0 Å². The molecule has 0 saturated carbocycles. The normalized spacial score (nSPS) is 13.6. The number of carbonyl (C=O) groups excluding carboxylic acids is 1. The minimum absolute atomic E-state index is 0.169. The van der Waals surface area contributed by atoms with E-state index >= 15 is 0 Å². The molecule has 2 heterocycles. The van der Waals surface area contributed by atoms with Gasteiger partial charge in [-0.25, -0.2) is 0 Å².